The van der Waals surface area contributed by atoms with E-state index in [9.17, 15) is 14.4 Å². The fourth-order valence-corrected chi connectivity index (χ4v) is 5.82. The summed E-state index contributed by atoms with van der Waals surface area (Å²) in [7, 11) is 1.59. The van der Waals surface area contributed by atoms with E-state index in [2.05, 4.69) is 27.3 Å². The number of fused-ring (bicyclic) bond motifs is 1. The maximum Gasteiger partial charge on any atom is 0.245 e. The van der Waals surface area contributed by atoms with Crippen LogP contribution in [-0.2, 0) is 22.7 Å². The number of hydrogen-bond acceptors (Lipinski definition) is 7. The smallest absolute Gasteiger partial charge is 0.245 e. The molecule has 3 heterocycles. The Labute approximate surface area is 245 Å². The van der Waals surface area contributed by atoms with Gasteiger partial charge in [-0.3, -0.25) is 19.1 Å². The molecule has 10 heteroatoms. The standard InChI is InChI=1S/C32H36N6O4/c1-18-12-27(32(41)35-14-23-9-7-8-10-28(23)42-6)38(20(18)3)29(40)17-37-31-19(2)11-24(25-15-33-22(5)34-16-25)13-26(31)30(36-37)21(4)39/h7-11,13,15-16,18,20,27H,12,14,17H2,1-6H3,(H,35,41)/t18-,20+,27-/m0/s1. The van der Waals surface area contributed by atoms with Crippen molar-refractivity contribution in [3.8, 4) is 16.9 Å². The van der Waals surface area contributed by atoms with Gasteiger partial charge in [-0.2, -0.15) is 5.10 Å². The van der Waals surface area contributed by atoms with Gasteiger partial charge in [0.1, 0.15) is 29.9 Å². The number of carbonyl (C=O) groups is 3. The molecular formula is C32H36N6O4. The van der Waals surface area contributed by atoms with E-state index in [1.54, 1.807) is 29.1 Å². The van der Waals surface area contributed by atoms with Crippen LogP contribution < -0.4 is 10.1 Å². The van der Waals surface area contributed by atoms with Gasteiger partial charge in [-0.1, -0.05) is 25.1 Å². The molecule has 5 rings (SSSR count). The second kappa shape index (κ2) is 11.7. The fourth-order valence-electron chi connectivity index (χ4n) is 5.82. The minimum atomic E-state index is -0.611. The number of rotatable bonds is 8. The third-order valence-corrected chi connectivity index (χ3v) is 8.20. The van der Waals surface area contributed by atoms with Gasteiger partial charge in [0.25, 0.3) is 0 Å². The molecule has 2 amide bonds. The first-order chi connectivity index (χ1) is 20.1. The van der Waals surface area contributed by atoms with E-state index in [1.807, 2.05) is 57.2 Å². The monoisotopic (exact) mass is 568 g/mol. The lowest BCUT2D eigenvalue weighted by Gasteiger charge is -2.28. The Morgan fingerprint density at radius 1 is 1.05 bits per heavy atom. The number of benzene rings is 2. The Balaban J connectivity index is 1.42. The van der Waals surface area contributed by atoms with Gasteiger partial charge < -0.3 is 15.0 Å². The van der Waals surface area contributed by atoms with Gasteiger partial charge in [0, 0.05) is 48.4 Å². The van der Waals surface area contributed by atoms with Gasteiger partial charge in [-0.05, 0) is 62.4 Å². The molecule has 0 spiro atoms. The van der Waals surface area contributed by atoms with Gasteiger partial charge in [0.15, 0.2) is 5.78 Å². The van der Waals surface area contributed by atoms with Crippen molar-refractivity contribution in [2.75, 3.05) is 7.11 Å². The summed E-state index contributed by atoms with van der Waals surface area (Å²) >= 11 is 0. The van der Waals surface area contributed by atoms with E-state index in [4.69, 9.17) is 4.74 Å². The first kappa shape index (κ1) is 28.9. The van der Waals surface area contributed by atoms with E-state index in [-0.39, 0.29) is 36.1 Å². The summed E-state index contributed by atoms with van der Waals surface area (Å²) in [4.78, 5) is 50.2. The molecule has 4 aromatic rings. The quantitative estimate of drug-likeness (QED) is 0.316. The fraction of sp³-hybridized carbons (Fsp3) is 0.375. The van der Waals surface area contributed by atoms with Crippen LogP contribution in [0.4, 0.5) is 0 Å². The highest BCUT2D eigenvalue weighted by Gasteiger charge is 2.43. The van der Waals surface area contributed by atoms with Crippen molar-refractivity contribution >= 4 is 28.5 Å². The lowest BCUT2D eigenvalue weighted by Crippen LogP contribution is -2.49. The van der Waals surface area contributed by atoms with Crippen LogP contribution in [0.25, 0.3) is 22.0 Å². The lowest BCUT2D eigenvalue weighted by molar-refractivity contribution is -0.140. The third-order valence-electron chi connectivity index (χ3n) is 8.20. The average molecular weight is 569 g/mol. The van der Waals surface area contributed by atoms with E-state index in [0.29, 0.717) is 41.1 Å². The molecule has 1 N–H and O–H groups in total. The van der Waals surface area contributed by atoms with E-state index < -0.39 is 6.04 Å². The maximum atomic E-state index is 13.9. The number of ketones is 1. The Morgan fingerprint density at radius 3 is 2.45 bits per heavy atom. The molecule has 10 nitrogen and oxygen atoms in total. The van der Waals surface area contributed by atoms with Crippen molar-refractivity contribution in [3.63, 3.8) is 0 Å². The number of carbonyl (C=O) groups excluding carboxylic acids is 3. The number of hydrogen-bond donors (Lipinski definition) is 1. The summed E-state index contributed by atoms with van der Waals surface area (Å²) in [5.41, 5.74) is 4.42. The molecular weight excluding hydrogens is 532 g/mol. The molecule has 0 bridgehead atoms. The molecule has 218 valence electrons. The summed E-state index contributed by atoms with van der Waals surface area (Å²) in [5.74, 6) is 0.878. The van der Waals surface area contributed by atoms with E-state index >= 15 is 0 Å². The Kier molecular flexibility index (Phi) is 8.06. The number of likely N-dealkylation sites (tertiary alicyclic amines) is 1. The average Bonchev–Trinajstić information content (AvgIpc) is 3.49. The predicted octanol–water partition coefficient (Wildman–Crippen LogP) is 4.26. The number of Topliss-reactive ketones (excluding diaryl/α,β-unsaturated/α-hetero) is 1. The van der Waals surface area contributed by atoms with Crippen LogP contribution in [0.15, 0.2) is 48.8 Å². The zero-order valence-electron chi connectivity index (χ0n) is 24.8. The number of aromatic nitrogens is 4. The molecule has 1 fully saturated rings. The largest absolute Gasteiger partial charge is 0.496 e. The van der Waals surface area contributed by atoms with Crippen LogP contribution in [0.2, 0.25) is 0 Å². The van der Waals surface area contributed by atoms with Crippen LogP contribution in [0.5, 0.6) is 5.75 Å². The number of amides is 2. The Bertz CT molecular complexity index is 1660. The minimum absolute atomic E-state index is 0.0923. The van der Waals surface area contributed by atoms with Crippen LogP contribution in [0.3, 0.4) is 0 Å². The summed E-state index contributed by atoms with van der Waals surface area (Å²) in [6, 6.07) is 10.7. The van der Waals surface area contributed by atoms with Crippen molar-refractivity contribution in [2.45, 2.75) is 66.2 Å². The molecule has 1 aliphatic rings. The third kappa shape index (κ3) is 5.48. The lowest BCUT2D eigenvalue weighted by atomic mass is 10.0. The maximum absolute atomic E-state index is 13.9. The highest BCUT2D eigenvalue weighted by molar-refractivity contribution is 6.07. The van der Waals surface area contributed by atoms with Crippen LogP contribution in [0, 0.1) is 19.8 Å². The summed E-state index contributed by atoms with van der Waals surface area (Å²) in [6.45, 7) is 9.45. The number of ether oxygens (including phenoxy) is 1. The van der Waals surface area contributed by atoms with Crippen molar-refractivity contribution < 1.29 is 19.1 Å². The summed E-state index contributed by atoms with van der Waals surface area (Å²) in [6.07, 6.45) is 4.06. The molecule has 2 aromatic heterocycles. The molecule has 42 heavy (non-hydrogen) atoms. The minimum Gasteiger partial charge on any atom is -0.496 e. The van der Waals surface area contributed by atoms with E-state index in [0.717, 1.165) is 22.3 Å². The molecule has 0 aliphatic carbocycles. The molecule has 3 atom stereocenters. The summed E-state index contributed by atoms with van der Waals surface area (Å²) < 4.78 is 7.00. The van der Waals surface area contributed by atoms with Gasteiger partial charge in [-0.25, -0.2) is 9.97 Å². The van der Waals surface area contributed by atoms with Gasteiger partial charge in [-0.15, -0.1) is 0 Å². The number of nitrogens with zero attached hydrogens (tertiary/aromatic N) is 5. The topological polar surface area (TPSA) is 119 Å². The predicted molar refractivity (Wildman–Crippen MR) is 159 cm³/mol. The first-order valence-electron chi connectivity index (χ1n) is 14.1. The van der Waals surface area contributed by atoms with Crippen molar-refractivity contribution in [1.82, 2.24) is 30.0 Å². The van der Waals surface area contributed by atoms with Crippen molar-refractivity contribution in [2.24, 2.45) is 5.92 Å². The van der Waals surface area contributed by atoms with Crippen molar-refractivity contribution in [3.05, 3.63) is 71.4 Å². The second-order valence-electron chi connectivity index (χ2n) is 11.1. The van der Waals surface area contributed by atoms with E-state index in [1.165, 1.54) is 6.92 Å². The molecule has 1 aliphatic heterocycles. The van der Waals surface area contributed by atoms with Crippen LogP contribution in [0.1, 0.15) is 54.6 Å². The molecule has 0 unspecified atom stereocenters. The number of para-hydroxylation sites is 1. The highest BCUT2D eigenvalue weighted by Crippen LogP contribution is 2.32. The number of methoxy groups -OCH3 is 1. The SMILES string of the molecule is COc1ccccc1CNC(=O)[C@@H]1C[C@H](C)[C@@H](C)N1C(=O)Cn1nc(C(C)=O)c2cc(-c3cnc(C)nc3)cc(C)c21. The Morgan fingerprint density at radius 2 is 1.76 bits per heavy atom. The highest BCUT2D eigenvalue weighted by atomic mass is 16.5. The molecule has 0 saturated carbocycles. The van der Waals surface area contributed by atoms with Crippen LogP contribution in [-0.4, -0.2) is 61.4 Å². The van der Waals surface area contributed by atoms with Gasteiger partial charge in [0.05, 0.1) is 12.6 Å². The van der Waals surface area contributed by atoms with Crippen molar-refractivity contribution in [1.29, 1.82) is 0 Å². The molecule has 2 aromatic carbocycles. The Hall–Kier alpha value is -4.60. The van der Waals surface area contributed by atoms with Crippen LogP contribution >= 0.6 is 0 Å². The van der Waals surface area contributed by atoms with Gasteiger partial charge in [0.2, 0.25) is 11.8 Å². The number of aryl methyl sites for hydroxylation is 2. The zero-order chi connectivity index (χ0) is 30.1. The number of nitrogens with one attached hydrogen (secondary N) is 1. The molecule has 0 radical (unpaired) electrons. The zero-order valence-corrected chi connectivity index (χ0v) is 24.8. The molecule has 1 saturated heterocycles. The van der Waals surface area contributed by atoms with Gasteiger partial charge >= 0.3 is 0 Å². The normalized spacial score (nSPS) is 18.3. The first-order valence-corrected chi connectivity index (χ1v) is 14.1. The summed E-state index contributed by atoms with van der Waals surface area (Å²) in [5, 5.41) is 8.26. The second-order valence-corrected chi connectivity index (χ2v) is 11.1.